The van der Waals surface area contributed by atoms with Crippen molar-refractivity contribution in [1.29, 1.82) is 0 Å². The topological polar surface area (TPSA) is 81.8 Å². The molecule has 2 saturated heterocycles. The van der Waals surface area contributed by atoms with Crippen LogP contribution < -0.4 is 10.6 Å². The lowest BCUT2D eigenvalue weighted by Gasteiger charge is -2.36. The second kappa shape index (κ2) is 4.93. The van der Waals surface area contributed by atoms with Gasteiger partial charge in [-0.3, -0.25) is 14.9 Å². The number of nitrogens with one attached hydrogen (secondary N) is 2. The van der Waals surface area contributed by atoms with Crippen LogP contribution in [0.3, 0.4) is 0 Å². The summed E-state index contributed by atoms with van der Waals surface area (Å²) in [6.45, 7) is 5.24. The van der Waals surface area contributed by atoms with Crippen LogP contribution in [0.25, 0.3) is 0 Å². The Hall–Kier alpha value is -1.63. The number of nitrogens with zero attached hydrogens (tertiary/aromatic N) is 2. The molecule has 2 aliphatic heterocycles. The number of amides is 4. The highest BCUT2D eigenvalue weighted by Gasteiger charge is 2.31. The maximum Gasteiger partial charge on any atom is 0.325 e. The van der Waals surface area contributed by atoms with Gasteiger partial charge < -0.3 is 15.1 Å². The Morgan fingerprint density at radius 1 is 1.28 bits per heavy atom. The summed E-state index contributed by atoms with van der Waals surface area (Å²) < 4.78 is 0. The maximum absolute atomic E-state index is 12.1. The van der Waals surface area contributed by atoms with Gasteiger partial charge in [0.05, 0.1) is 0 Å². The predicted octanol–water partition coefficient (Wildman–Crippen LogP) is -1.25. The van der Waals surface area contributed by atoms with E-state index in [9.17, 15) is 14.4 Å². The first-order valence-corrected chi connectivity index (χ1v) is 6.08. The van der Waals surface area contributed by atoms with Crippen LogP contribution in [0.2, 0.25) is 0 Å². The van der Waals surface area contributed by atoms with E-state index >= 15 is 0 Å². The van der Waals surface area contributed by atoms with Crippen LogP contribution >= 0.6 is 0 Å². The van der Waals surface area contributed by atoms with E-state index in [0.29, 0.717) is 13.1 Å². The van der Waals surface area contributed by atoms with E-state index in [1.165, 1.54) is 4.90 Å². The second-order valence-corrected chi connectivity index (χ2v) is 4.98. The highest BCUT2D eigenvalue weighted by molar-refractivity contribution is 6.03. The third kappa shape index (κ3) is 2.79. The van der Waals surface area contributed by atoms with Gasteiger partial charge in [0.2, 0.25) is 11.8 Å². The second-order valence-electron chi connectivity index (χ2n) is 4.98. The molecular weight excluding hydrogens is 236 g/mol. The fraction of sp³-hybridized carbons (Fsp3) is 0.727. The van der Waals surface area contributed by atoms with Gasteiger partial charge in [0, 0.05) is 25.2 Å². The van der Waals surface area contributed by atoms with Crippen LogP contribution in [0.1, 0.15) is 13.8 Å². The lowest BCUT2D eigenvalue weighted by atomic mass is 10.1. The Morgan fingerprint density at radius 2 is 1.89 bits per heavy atom. The average molecular weight is 254 g/mol. The number of piperazine rings is 1. The molecule has 0 aliphatic carbocycles. The first kappa shape index (κ1) is 12.8. The van der Waals surface area contributed by atoms with Crippen molar-refractivity contribution >= 4 is 17.8 Å². The van der Waals surface area contributed by atoms with E-state index in [2.05, 4.69) is 10.6 Å². The third-order valence-electron chi connectivity index (χ3n) is 3.10. The highest BCUT2D eigenvalue weighted by atomic mass is 16.2. The Morgan fingerprint density at radius 3 is 2.39 bits per heavy atom. The van der Waals surface area contributed by atoms with Crippen molar-refractivity contribution in [1.82, 2.24) is 20.4 Å². The lowest BCUT2D eigenvalue weighted by molar-refractivity contribution is -0.133. The molecule has 0 aromatic heterocycles. The van der Waals surface area contributed by atoms with Crippen molar-refractivity contribution in [2.24, 2.45) is 0 Å². The number of hydrogen-bond donors (Lipinski definition) is 2. The van der Waals surface area contributed by atoms with Gasteiger partial charge in [0.25, 0.3) is 0 Å². The Labute approximate surface area is 105 Å². The van der Waals surface area contributed by atoms with E-state index in [4.69, 9.17) is 0 Å². The molecule has 2 N–H and O–H groups in total. The molecular formula is C11H18N4O3. The first-order valence-electron chi connectivity index (χ1n) is 6.08. The van der Waals surface area contributed by atoms with Crippen molar-refractivity contribution in [3.63, 3.8) is 0 Å². The molecule has 2 fully saturated rings. The van der Waals surface area contributed by atoms with Gasteiger partial charge in [0.15, 0.2) is 0 Å². The fourth-order valence-electron chi connectivity index (χ4n) is 2.40. The SMILES string of the molecule is CC1CN(C(=O)CN2CC(=O)NC2=O)CC(C)N1. The lowest BCUT2D eigenvalue weighted by Crippen LogP contribution is -2.57. The van der Waals surface area contributed by atoms with Crippen molar-refractivity contribution in [3.05, 3.63) is 0 Å². The highest BCUT2D eigenvalue weighted by Crippen LogP contribution is 2.06. The zero-order valence-corrected chi connectivity index (χ0v) is 10.6. The minimum atomic E-state index is -0.482. The molecule has 100 valence electrons. The molecule has 7 nitrogen and oxygen atoms in total. The van der Waals surface area contributed by atoms with Gasteiger partial charge in [-0.15, -0.1) is 0 Å². The number of urea groups is 1. The quantitative estimate of drug-likeness (QED) is 0.603. The minimum absolute atomic E-state index is 0.0260. The van der Waals surface area contributed by atoms with E-state index in [1.807, 2.05) is 13.8 Å². The minimum Gasteiger partial charge on any atom is -0.338 e. The smallest absolute Gasteiger partial charge is 0.325 e. The molecule has 0 spiro atoms. The summed E-state index contributed by atoms with van der Waals surface area (Å²) >= 11 is 0. The number of rotatable bonds is 2. The average Bonchev–Trinajstić information content (AvgIpc) is 2.56. The zero-order valence-electron chi connectivity index (χ0n) is 10.6. The summed E-state index contributed by atoms with van der Waals surface area (Å²) in [4.78, 5) is 37.4. The van der Waals surface area contributed by atoms with Crippen LogP contribution in [0.15, 0.2) is 0 Å². The van der Waals surface area contributed by atoms with Gasteiger partial charge >= 0.3 is 6.03 Å². The van der Waals surface area contributed by atoms with Crippen LogP contribution in [-0.4, -0.2) is 65.9 Å². The third-order valence-corrected chi connectivity index (χ3v) is 3.10. The van der Waals surface area contributed by atoms with Gasteiger partial charge in [0.1, 0.15) is 13.1 Å². The molecule has 7 heteroatoms. The van der Waals surface area contributed by atoms with Gasteiger partial charge in [-0.2, -0.15) is 0 Å². The molecule has 2 aliphatic rings. The zero-order chi connectivity index (χ0) is 13.3. The van der Waals surface area contributed by atoms with Crippen molar-refractivity contribution in [2.45, 2.75) is 25.9 Å². The molecule has 2 atom stereocenters. The van der Waals surface area contributed by atoms with Crippen LogP contribution in [-0.2, 0) is 9.59 Å². The summed E-state index contributed by atoms with van der Waals surface area (Å²) in [5.41, 5.74) is 0. The monoisotopic (exact) mass is 254 g/mol. The van der Waals surface area contributed by atoms with Crippen molar-refractivity contribution in [2.75, 3.05) is 26.2 Å². The molecule has 18 heavy (non-hydrogen) atoms. The summed E-state index contributed by atoms with van der Waals surface area (Å²) in [7, 11) is 0. The summed E-state index contributed by atoms with van der Waals surface area (Å²) in [6.07, 6.45) is 0. The molecule has 0 aromatic rings. The first-order chi connectivity index (χ1) is 8.45. The summed E-state index contributed by atoms with van der Waals surface area (Å²) in [5.74, 6) is -0.463. The number of carbonyl (C=O) groups excluding carboxylic acids is 3. The van der Waals surface area contributed by atoms with Crippen molar-refractivity contribution in [3.8, 4) is 0 Å². The molecule has 0 radical (unpaired) electrons. The van der Waals surface area contributed by atoms with Crippen molar-refractivity contribution < 1.29 is 14.4 Å². The fourth-order valence-corrected chi connectivity index (χ4v) is 2.40. The van der Waals surface area contributed by atoms with Gasteiger partial charge in [-0.1, -0.05) is 0 Å². The normalized spacial score (nSPS) is 28.6. The molecule has 2 rings (SSSR count). The largest absolute Gasteiger partial charge is 0.338 e. The Bertz CT molecular complexity index is 374. The van der Waals surface area contributed by atoms with E-state index in [1.54, 1.807) is 4.90 Å². The van der Waals surface area contributed by atoms with Crippen LogP contribution in [0.5, 0.6) is 0 Å². The maximum atomic E-state index is 12.1. The Balaban J connectivity index is 1.91. The number of carbonyl (C=O) groups is 3. The van der Waals surface area contributed by atoms with E-state index in [0.717, 1.165) is 0 Å². The predicted molar refractivity (Wildman–Crippen MR) is 63.8 cm³/mol. The standard InChI is InChI=1S/C11H18N4O3/c1-7-3-14(4-8(2)12-7)10(17)6-15-5-9(16)13-11(15)18/h7-8,12H,3-6H2,1-2H3,(H,13,16,18). The van der Waals surface area contributed by atoms with Gasteiger partial charge in [-0.25, -0.2) is 4.79 Å². The molecule has 4 amide bonds. The van der Waals surface area contributed by atoms with E-state index in [-0.39, 0.29) is 37.0 Å². The molecule has 0 saturated carbocycles. The molecule has 0 aromatic carbocycles. The number of hydrogen-bond acceptors (Lipinski definition) is 4. The molecule has 2 heterocycles. The molecule has 0 bridgehead atoms. The van der Waals surface area contributed by atoms with Crippen LogP contribution in [0.4, 0.5) is 4.79 Å². The van der Waals surface area contributed by atoms with E-state index < -0.39 is 6.03 Å². The summed E-state index contributed by atoms with van der Waals surface area (Å²) in [5, 5.41) is 5.49. The number of imide groups is 1. The Kier molecular flexibility index (Phi) is 3.51. The van der Waals surface area contributed by atoms with Crippen LogP contribution in [0, 0.1) is 0 Å². The van der Waals surface area contributed by atoms with Gasteiger partial charge in [-0.05, 0) is 13.8 Å². The molecule has 2 unspecified atom stereocenters. The summed E-state index contributed by atoms with van der Waals surface area (Å²) in [6, 6.07) is 0.00283.